The van der Waals surface area contributed by atoms with Crippen LogP contribution in [-0.4, -0.2) is 24.0 Å². The standard InChI is InChI=1S/C14H18F4N2/c1-2-20-7-3-4-12(19)13(20)9-5-6-11(15)10(8-9)14(16,17)18/h5-6,8,12-13H,2-4,7,19H2,1H3. The molecule has 0 amide bonds. The van der Waals surface area contributed by atoms with Gasteiger partial charge in [0.25, 0.3) is 0 Å². The van der Waals surface area contributed by atoms with Gasteiger partial charge in [0.1, 0.15) is 5.82 Å². The Hall–Kier alpha value is -1.14. The highest BCUT2D eigenvalue weighted by atomic mass is 19.4. The second-order valence-corrected chi connectivity index (χ2v) is 5.12. The van der Waals surface area contributed by atoms with Crippen molar-refractivity contribution in [2.45, 2.75) is 38.0 Å². The lowest BCUT2D eigenvalue weighted by Gasteiger charge is -2.39. The van der Waals surface area contributed by atoms with E-state index in [0.29, 0.717) is 12.1 Å². The predicted octanol–water partition coefficient (Wildman–Crippen LogP) is 3.33. The first-order chi connectivity index (χ1) is 9.34. The average molecular weight is 290 g/mol. The number of rotatable bonds is 2. The Kier molecular flexibility index (Phi) is 4.34. The summed E-state index contributed by atoms with van der Waals surface area (Å²) in [5.41, 5.74) is 5.28. The zero-order valence-electron chi connectivity index (χ0n) is 11.3. The van der Waals surface area contributed by atoms with Crippen LogP contribution >= 0.6 is 0 Å². The van der Waals surface area contributed by atoms with Crippen LogP contribution < -0.4 is 5.73 Å². The molecule has 0 aromatic heterocycles. The smallest absolute Gasteiger partial charge is 0.326 e. The fraction of sp³-hybridized carbons (Fsp3) is 0.571. The molecular formula is C14H18F4N2. The van der Waals surface area contributed by atoms with Crippen LogP contribution in [0.2, 0.25) is 0 Å². The van der Waals surface area contributed by atoms with Crippen molar-refractivity contribution in [2.24, 2.45) is 5.73 Å². The summed E-state index contributed by atoms with van der Waals surface area (Å²) in [6.07, 6.45) is -2.99. The lowest BCUT2D eigenvalue weighted by molar-refractivity contribution is -0.140. The molecule has 0 spiro atoms. The van der Waals surface area contributed by atoms with Gasteiger partial charge >= 0.3 is 6.18 Å². The summed E-state index contributed by atoms with van der Waals surface area (Å²) < 4.78 is 51.7. The summed E-state index contributed by atoms with van der Waals surface area (Å²) in [5, 5.41) is 0. The SMILES string of the molecule is CCN1CCCC(N)C1c1ccc(F)c(C(F)(F)F)c1. The van der Waals surface area contributed by atoms with E-state index in [-0.39, 0.29) is 12.1 Å². The highest BCUT2D eigenvalue weighted by molar-refractivity contribution is 5.30. The number of halogens is 4. The first-order valence-electron chi connectivity index (χ1n) is 6.71. The van der Waals surface area contributed by atoms with Crippen molar-refractivity contribution >= 4 is 0 Å². The second-order valence-electron chi connectivity index (χ2n) is 5.12. The van der Waals surface area contributed by atoms with E-state index >= 15 is 0 Å². The normalized spacial score (nSPS) is 24.9. The number of piperidine rings is 1. The third-order valence-electron chi connectivity index (χ3n) is 3.83. The Morgan fingerprint density at radius 2 is 2.05 bits per heavy atom. The molecule has 2 unspecified atom stereocenters. The van der Waals surface area contributed by atoms with Crippen LogP contribution in [0.1, 0.15) is 36.9 Å². The summed E-state index contributed by atoms with van der Waals surface area (Å²) >= 11 is 0. The van der Waals surface area contributed by atoms with Gasteiger partial charge in [0, 0.05) is 12.1 Å². The third kappa shape index (κ3) is 2.96. The fourth-order valence-electron chi connectivity index (χ4n) is 2.85. The molecule has 1 aromatic rings. The maximum absolute atomic E-state index is 13.3. The highest BCUT2D eigenvalue weighted by Gasteiger charge is 2.36. The summed E-state index contributed by atoms with van der Waals surface area (Å²) in [5.74, 6) is -1.24. The van der Waals surface area contributed by atoms with E-state index in [1.54, 1.807) is 0 Å². The van der Waals surface area contributed by atoms with Gasteiger partial charge in [-0.25, -0.2) is 4.39 Å². The van der Waals surface area contributed by atoms with Crippen LogP contribution in [0.25, 0.3) is 0 Å². The number of likely N-dealkylation sites (tertiary alicyclic amines) is 1. The van der Waals surface area contributed by atoms with Crippen molar-refractivity contribution in [3.8, 4) is 0 Å². The molecule has 0 saturated carbocycles. The number of hydrogen-bond donors (Lipinski definition) is 1. The number of nitrogens with zero attached hydrogens (tertiary/aromatic N) is 1. The molecule has 0 radical (unpaired) electrons. The Morgan fingerprint density at radius 1 is 1.35 bits per heavy atom. The molecule has 2 atom stereocenters. The number of nitrogens with two attached hydrogens (primary N) is 1. The van der Waals surface area contributed by atoms with Crippen molar-refractivity contribution in [3.05, 3.63) is 35.1 Å². The van der Waals surface area contributed by atoms with Gasteiger partial charge in [-0.05, 0) is 43.6 Å². The van der Waals surface area contributed by atoms with Crippen LogP contribution in [0.5, 0.6) is 0 Å². The molecule has 1 aliphatic rings. The minimum Gasteiger partial charge on any atom is -0.326 e. The van der Waals surface area contributed by atoms with E-state index in [1.165, 1.54) is 6.07 Å². The number of benzene rings is 1. The monoisotopic (exact) mass is 290 g/mol. The van der Waals surface area contributed by atoms with E-state index < -0.39 is 17.6 Å². The van der Waals surface area contributed by atoms with Gasteiger partial charge in [-0.15, -0.1) is 0 Å². The van der Waals surface area contributed by atoms with E-state index in [9.17, 15) is 17.6 Å². The molecule has 2 nitrogen and oxygen atoms in total. The summed E-state index contributed by atoms with van der Waals surface area (Å²) in [6.45, 7) is 3.45. The fourth-order valence-corrected chi connectivity index (χ4v) is 2.85. The Labute approximate surface area is 115 Å². The van der Waals surface area contributed by atoms with E-state index in [0.717, 1.165) is 31.5 Å². The zero-order chi connectivity index (χ0) is 14.9. The highest BCUT2D eigenvalue weighted by Crippen LogP contribution is 2.36. The van der Waals surface area contributed by atoms with Gasteiger partial charge in [0.2, 0.25) is 0 Å². The van der Waals surface area contributed by atoms with Crippen molar-refractivity contribution in [3.63, 3.8) is 0 Å². The number of hydrogen-bond acceptors (Lipinski definition) is 2. The lowest BCUT2D eigenvalue weighted by atomic mass is 9.90. The van der Waals surface area contributed by atoms with E-state index in [4.69, 9.17) is 5.73 Å². The van der Waals surface area contributed by atoms with Crippen molar-refractivity contribution in [2.75, 3.05) is 13.1 Å². The number of alkyl halides is 3. The quantitative estimate of drug-likeness (QED) is 0.847. The molecule has 0 bridgehead atoms. The molecule has 2 rings (SSSR count). The summed E-state index contributed by atoms with van der Waals surface area (Å²) in [4.78, 5) is 2.04. The van der Waals surface area contributed by atoms with Gasteiger partial charge in [-0.2, -0.15) is 13.2 Å². The molecule has 1 aliphatic heterocycles. The van der Waals surface area contributed by atoms with Gasteiger partial charge in [0.15, 0.2) is 0 Å². The molecule has 2 N–H and O–H groups in total. The van der Waals surface area contributed by atoms with Crippen LogP contribution in [0.4, 0.5) is 17.6 Å². The van der Waals surface area contributed by atoms with Gasteiger partial charge in [-0.1, -0.05) is 13.0 Å². The summed E-state index contributed by atoms with van der Waals surface area (Å²) in [7, 11) is 0. The molecule has 1 aromatic carbocycles. The molecular weight excluding hydrogens is 272 g/mol. The minimum absolute atomic E-state index is 0.227. The Bertz CT molecular complexity index is 473. The van der Waals surface area contributed by atoms with Crippen molar-refractivity contribution in [1.82, 2.24) is 4.90 Å². The molecule has 20 heavy (non-hydrogen) atoms. The topological polar surface area (TPSA) is 29.3 Å². The third-order valence-corrected chi connectivity index (χ3v) is 3.83. The molecule has 1 heterocycles. The molecule has 1 saturated heterocycles. The van der Waals surface area contributed by atoms with Crippen LogP contribution in [0.3, 0.4) is 0 Å². The van der Waals surface area contributed by atoms with Crippen LogP contribution in [0, 0.1) is 5.82 Å². The first kappa shape index (κ1) is 15.3. The van der Waals surface area contributed by atoms with E-state index in [2.05, 4.69) is 0 Å². The average Bonchev–Trinajstić information content (AvgIpc) is 2.38. The first-order valence-corrected chi connectivity index (χ1v) is 6.71. The van der Waals surface area contributed by atoms with Crippen LogP contribution in [-0.2, 0) is 6.18 Å². The Morgan fingerprint density at radius 3 is 2.65 bits per heavy atom. The largest absolute Gasteiger partial charge is 0.419 e. The van der Waals surface area contributed by atoms with Gasteiger partial charge in [-0.3, -0.25) is 4.90 Å². The molecule has 1 fully saturated rings. The molecule has 112 valence electrons. The van der Waals surface area contributed by atoms with Crippen molar-refractivity contribution in [1.29, 1.82) is 0 Å². The zero-order valence-corrected chi connectivity index (χ0v) is 11.3. The maximum atomic E-state index is 13.3. The maximum Gasteiger partial charge on any atom is 0.419 e. The number of likely N-dealkylation sites (N-methyl/N-ethyl adjacent to an activating group) is 1. The van der Waals surface area contributed by atoms with Gasteiger partial charge in [0.05, 0.1) is 5.56 Å². The van der Waals surface area contributed by atoms with Crippen molar-refractivity contribution < 1.29 is 17.6 Å². The minimum atomic E-state index is -4.68. The van der Waals surface area contributed by atoms with E-state index in [1.807, 2.05) is 11.8 Å². The lowest BCUT2D eigenvalue weighted by Crippen LogP contribution is -2.45. The second kappa shape index (κ2) is 5.69. The van der Waals surface area contributed by atoms with Crippen LogP contribution in [0.15, 0.2) is 18.2 Å². The predicted molar refractivity (Wildman–Crippen MR) is 68.6 cm³/mol. The van der Waals surface area contributed by atoms with Gasteiger partial charge < -0.3 is 5.73 Å². The molecule has 6 heteroatoms. The summed E-state index contributed by atoms with van der Waals surface area (Å²) in [6, 6.07) is 2.68. The Balaban J connectivity index is 2.41. The molecule has 0 aliphatic carbocycles.